The first-order valence-corrected chi connectivity index (χ1v) is 21.3. The zero-order valence-corrected chi connectivity index (χ0v) is 39.3. The third-order valence-corrected chi connectivity index (χ3v) is 10.9. The van der Waals surface area contributed by atoms with Crippen LogP contribution in [-0.2, 0) is 36.7 Å². The van der Waals surface area contributed by atoms with E-state index < -0.39 is 81.5 Å². The molecular formula is C51H49F15O8. The summed E-state index contributed by atoms with van der Waals surface area (Å²) in [7, 11) is 0. The Morgan fingerprint density at radius 1 is 0.541 bits per heavy atom. The van der Waals surface area contributed by atoms with Crippen LogP contribution < -0.4 is 4.74 Å². The maximum absolute atomic E-state index is 12.9. The minimum Gasteiger partial charge on any atom is -0.508 e. The van der Waals surface area contributed by atoms with Crippen LogP contribution in [-0.4, -0.2) is 63.2 Å². The molecule has 1 unspecified atom stereocenters. The van der Waals surface area contributed by atoms with E-state index in [0.717, 1.165) is 43.4 Å². The van der Waals surface area contributed by atoms with E-state index in [0.29, 0.717) is 46.7 Å². The normalized spacial score (nSPS) is 14.9. The fraction of sp³-hybridized carbons (Fsp3) is 0.333. The molecule has 8 nitrogen and oxygen atoms in total. The summed E-state index contributed by atoms with van der Waals surface area (Å²) in [4.78, 5) is 22.9. The molecule has 0 heterocycles. The minimum absolute atomic E-state index is 0.134. The number of carbonyl (C=O) groups is 2. The molecule has 4 N–H and O–H groups in total. The molecule has 1 atom stereocenters. The maximum Gasteiger partial charge on any atom is 0.430 e. The van der Waals surface area contributed by atoms with Crippen molar-refractivity contribution in [3.63, 3.8) is 0 Å². The lowest BCUT2D eigenvalue weighted by Gasteiger charge is -2.37. The quantitative estimate of drug-likeness (QED) is 0.0534. The van der Waals surface area contributed by atoms with Gasteiger partial charge in [-0.3, -0.25) is 0 Å². The number of alkyl halides is 15. The summed E-state index contributed by atoms with van der Waals surface area (Å²) < 4.78 is 202. The average molecular weight is 1070 g/mol. The molecule has 1 aliphatic rings. The Kier molecular flexibility index (Phi) is 20.8. The molecule has 1 saturated carbocycles. The number of carbonyl (C=O) groups excluding carboxylic acids is 2. The smallest absolute Gasteiger partial charge is 0.430 e. The Hall–Kier alpha value is -6.59. The van der Waals surface area contributed by atoms with Gasteiger partial charge in [-0.15, -0.1) is 0 Å². The highest BCUT2D eigenvalue weighted by Crippen LogP contribution is 2.52. The van der Waals surface area contributed by atoms with Gasteiger partial charge in [-0.25, -0.2) is 9.59 Å². The van der Waals surface area contributed by atoms with E-state index in [4.69, 9.17) is 19.7 Å². The number of halogens is 15. The van der Waals surface area contributed by atoms with Crippen molar-refractivity contribution in [3.05, 3.63) is 168 Å². The molecule has 4 aromatic rings. The first kappa shape index (κ1) is 63.5. The summed E-state index contributed by atoms with van der Waals surface area (Å²) in [6.45, 7) is 16.9. The van der Waals surface area contributed by atoms with Crippen molar-refractivity contribution in [1.29, 1.82) is 0 Å². The SMILES string of the molecule is C=C(C)C(=O)OC1(c2ccccc2)CCCCC1.C=C(C)C(=O)Oc1ccc(O)cc1.C=Cc1cc(C(C)(O)C(F)(F)F)cc(C(O)(C(F)(F)F)C(F)(F)F)c1.C=Cc1ccc(C(O)(C(F)(F)F)C(F)(F)F)cc1. The topological polar surface area (TPSA) is 134 Å². The Morgan fingerprint density at radius 2 is 0.959 bits per heavy atom. The van der Waals surface area contributed by atoms with Gasteiger partial charge in [-0.1, -0.05) is 99.5 Å². The summed E-state index contributed by atoms with van der Waals surface area (Å²) in [5.41, 5.74) is -17.4. The van der Waals surface area contributed by atoms with Gasteiger partial charge in [-0.2, -0.15) is 65.9 Å². The number of hydrogen-bond donors (Lipinski definition) is 4. The van der Waals surface area contributed by atoms with Crippen molar-refractivity contribution in [2.24, 2.45) is 0 Å². The third-order valence-electron chi connectivity index (χ3n) is 10.9. The monoisotopic (exact) mass is 1070 g/mol. The van der Waals surface area contributed by atoms with Crippen LogP contribution in [0.4, 0.5) is 65.9 Å². The maximum atomic E-state index is 12.9. The predicted molar refractivity (Wildman–Crippen MR) is 241 cm³/mol. The van der Waals surface area contributed by atoms with Gasteiger partial charge in [0.05, 0.1) is 0 Å². The van der Waals surface area contributed by atoms with Crippen LogP contribution in [0.15, 0.2) is 135 Å². The van der Waals surface area contributed by atoms with E-state index in [1.54, 1.807) is 13.8 Å². The van der Waals surface area contributed by atoms with Crippen LogP contribution in [0, 0.1) is 0 Å². The average Bonchev–Trinajstić information content (AvgIpc) is 3.30. The van der Waals surface area contributed by atoms with Gasteiger partial charge in [0.1, 0.15) is 17.1 Å². The highest BCUT2D eigenvalue weighted by Gasteiger charge is 2.72. The van der Waals surface area contributed by atoms with Gasteiger partial charge in [0, 0.05) is 22.3 Å². The van der Waals surface area contributed by atoms with Gasteiger partial charge in [0.25, 0.3) is 11.2 Å². The zero-order valence-electron chi connectivity index (χ0n) is 39.3. The molecule has 0 spiro atoms. The number of aliphatic hydroxyl groups is 3. The van der Waals surface area contributed by atoms with Crippen LogP contribution in [0.1, 0.15) is 86.3 Å². The van der Waals surface area contributed by atoms with Crippen LogP contribution in [0.5, 0.6) is 11.5 Å². The standard InChI is InChI=1S/C16H20O2.C14H11F9O2.C11H8F6O.C10H10O3/c1-13(2)15(17)18-16(11-7-4-8-12-16)14-9-5-3-6-10-14;1-3-7-4-8(10(2,24)12(15,16)17)6-9(5-7)11(25,13(18,19)20)14(21,22)23;1-2-7-3-5-8(6-4-7)9(18,10(12,13)14)11(15,16)17;1-7(2)10(12)13-9-5-3-8(11)4-6-9/h3,5-6,9-10H,1,4,7-8,11-12H2,2H3;3-6,24-25H,1H2,2H3;2-6,18H,1H2;3-6,11H,1H2,2H3. The van der Waals surface area contributed by atoms with E-state index >= 15 is 0 Å². The third kappa shape index (κ3) is 15.2. The van der Waals surface area contributed by atoms with Crippen molar-refractivity contribution >= 4 is 24.1 Å². The molecule has 4 aromatic carbocycles. The van der Waals surface area contributed by atoms with Crippen LogP contribution >= 0.6 is 0 Å². The molecule has 1 fully saturated rings. The van der Waals surface area contributed by atoms with Crippen molar-refractivity contribution in [3.8, 4) is 11.5 Å². The first-order valence-electron chi connectivity index (χ1n) is 21.3. The van der Waals surface area contributed by atoms with Crippen molar-refractivity contribution in [2.45, 2.75) is 106 Å². The summed E-state index contributed by atoms with van der Waals surface area (Å²) in [5, 5.41) is 36.8. The van der Waals surface area contributed by atoms with Crippen molar-refractivity contribution in [2.75, 3.05) is 0 Å². The first-order chi connectivity index (χ1) is 33.7. The second kappa shape index (κ2) is 24.2. The predicted octanol–water partition coefficient (Wildman–Crippen LogP) is 13.9. The number of phenols is 1. The van der Waals surface area contributed by atoms with E-state index in [-0.39, 0.29) is 30.8 Å². The lowest BCUT2D eigenvalue weighted by molar-refractivity contribution is -0.376. The number of phenolic OH excluding ortho intramolecular Hbond substituents is 1. The van der Waals surface area contributed by atoms with Crippen LogP contribution in [0.3, 0.4) is 0 Å². The Bertz CT molecular complexity index is 2520. The van der Waals surface area contributed by atoms with E-state index in [2.05, 4.69) is 38.4 Å². The summed E-state index contributed by atoms with van der Waals surface area (Å²) in [6.07, 6.45) is -22.5. The highest BCUT2D eigenvalue weighted by molar-refractivity contribution is 5.88. The lowest BCUT2D eigenvalue weighted by Crippen LogP contribution is -2.54. The second-order valence-electron chi connectivity index (χ2n) is 16.6. The van der Waals surface area contributed by atoms with E-state index in [1.807, 2.05) is 18.2 Å². The number of esters is 2. The van der Waals surface area contributed by atoms with Gasteiger partial charge in [0.2, 0.25) is 0 Å². The lowest BCUT2D eigenvalue weighted by atomic mass is 9.79. The molecule has 0 aromatic heterocycles. The summed E-state index contributed by atoms with van der Waals surface area (Å²) in [6, 6.07) is 19.7. The van der Waals surface area contributed by atoms with E-state index in [9.17, 15) is 85.7 Å². The minimum atomic E-state index is -6.29. The summed E-state index contributed by atoms with van der Waals surface area (Å²) >= 11 is 0. The molecule has 74 heavy (non-hydrogen) atoms. The van der Waals surface area contributed by atoms with Crippen LogP contribution in [0.25, 0.3) is 12.2 Å². The Balaban J connectivity index is 0.000000346. The number of ether oxygens (including phenoxy) is 2. The fourth-order valence-corrected chi connectivity index (χ4v) is 6.55. The molecule has 0 radical (unpaired) electrons. The van der Waals surface area contributed by atoms with E-state index in [1.165, 1.54) is 36.8 Å². The number of aromatic hydroxyl groups is 1. The summed E-state index contributed by atoms with van der Waals surface area (Å²) in [5.74, 6) is -0.215. The largest absolute Gasteiger partial charge is 0.508 e. The Morgan fingerprint density at radius 3 is 1.35 bits per heavy atom. The fourth-order valence-electron chi connectivity index (χ4n) is 6.55. The molecule has 5 rings (SSSR count). The molecule has 0 saturated heterocycles. The van der Waals surface area contributed by atoms with Crippen LogP contribution in [0.2, 0.25) is 0 Å². The molecule has 0 bridgehead atoms. The molecule has 23 heteroatoms. The molecule has 0 amide bonds. The highest BCUT2D eigenvalue weighted by atomic mass is 19.4. The van der Waals surface area contributed by atoms with Gasteiger partial charge < -0.3 is 29.9 Å². The van der Waals surface area contributed by atoms with Crippen molar-refractivity contribution < 1.29 is 105 Å². The Labute approximate surface area is 414 Å². The molecule has 1 aliphatic carbocycles. The molecular weight excluding hydrogens is 1030 g/mol. The number of rotatable bonds is 10. The second-order valence-corrected chi connectivity index (χ2v) is 16.6. The van der Waals surface area contributed by atoms with Gasteiger partial charge in [0.15, 0.2) is 5.60 Å². The number of hydrogen-bond acceptors (Lipinski definition) is 8. The zero-order chi connectivity index (χ0) is 57.1. The number of benzene rings is 4. The molecule has 406 valence electrons. The van der Waals surface area contributed by atoms with Gasteiger partial charge in [-0.05, 0) is 111 Å². The van der Waals surface area contributed by atoms with Gasteiger partial charge >= 0.3 is 42.8 Å². The van der Waals surface area contributed by atoms with Crippen molar-refractivity contribution in [1.82, 2.24) is 0 Å². The molecule has 0 aliphatic heterocycles.